The monoisotopic (exact) mass is 317 g/mol. The van der Waals surface area contributed by atoms with Crippen molar-refractivity contribution in [2.24, 2.45) is 0 Å². The zero-order valence-electron chi connectivity index (χ0n) is 11.6. The highest BCUT2D eigenvalue weighted by atomic mass is 32.1. The number of thiophene rings is 1. The number of benzene rings is 1. The summed E-state index contributed by atoms with van der Waals surface area (Å²) in [5, 5.41) is 3.24. The van der Waals surface area contributed by atoms with Gasteiger partial charge in [0, 0.05) is 21.9 Å². The quantitative estimate of drug-likeness (QED) is 0.602. The van der Waals surface area contributed by atoms with Crippen LogP contribution in [-0.2, 0) is 0 Å². The maximum atomic E-state index is 13.8. The van der Waals surface area contributed by atoms with Gasteiger partial charge in [0.1, 0.15) is 0 Å². The van der Waals surface area contributed by atoms with E-state index in [9.17, 15) is 17.6 Å². The van der Waals surface area contributed by atoms with E-state index in [0.717, 1.165) is 29.2 Å². The summed E-state index contributed by atoms with van der Waals surface area (Å²) in [5.74, 6) is -5.51. The molecule has 1 N–H and O–H groups in total. The molecule has 1 unspecified atom stereocenters. The second-order valence-electron chi connectivity index (χ2n) is 4.72. The van der Waals surface area contributed by atoms with Crippen molar-refractivity contribution in [1.82, 2.24) is 5.32 Å². The van der Waals surface area contributed by atoms with Gasteiger partial charge in [0.15, 0.2) is 23.3 Å². The lowest BCUT2D eigenvalue weighted by molar-refractivity contribution is 0.458. The van der Waals surface area contributed by atoms with Gasteiger partial charge in [-0.3, -0.25) is 0 Å². The van der Waals surface area contributed by atoms with Crippen molar-refractivity contribution in [3.8, 4) is 10.4 Å². The highest BCUT2D eigenvalue weighted by molar-refractivity contribution is 7.15. The normalized spacial score (nSPS) is 12.7. The van der Waals surface area contributed by atoms with Crippen LogP contribution in [0.1, 0.15) is 31.2 Å². The Labute approximate surface area is 124 Å². The van der Waals surface area contributed by atoms with Gasteiger partial charge in [-0.05, 0) is 32.0 Å². The lowest BCUT2D eigenvalue weighted by Gasteiger charge is -2.10. The Morgan fingerprint density at radius 1 is 1.10 bits per heavy atom. The van der Waals surface area contributed by atoms with E-state index in [2.05, 4.69) is 5.32 Å². The number of nitrogens with one attached hydrogen (secondary N) is 1. The highest BCUT2D eigenvalue weighted by Crippen LogP contribution is 2.36. The molecule has 0 radical (unpaired) electrons. The zero-order chi connectivity index (χ0) is 15.6. The van der Waals surface area contributed by atoms with Crippen LogP contribution in [0.15, 0.2) is 18.2 Å². The topological polar surface area (TPSA) is 12.0 Å². The van der Waals surface area contributed by atoms with E-state index in [1.54, 1.807) is 6.07 Å². The van der Waals surface area contributed by atoms with Crippen LogP contribution in [0.25, 0.3) is 10.4 Å². The molecule has 6 heteroatoms. The standard InChI is InChI=1S/C15H15F4NS/c1-3-6-20-8(2)11-4-5-12(21-11)13-14(18)9(16)7-10(17)15(13)19/h4-5,7-8,20H,3,6H2,1-2H3. The van der Waals surface area contributed by atoms with E-state index in [1.165, 1.54) is 6.07 Å². The molecule has 1 heterocycles. The molecule has 21 heavy (non-hydrogen) atoms. The highest BCUT2D eigenvalue weighted by Gasteiger charge is 2.22. The molecule has 2 rings (SSSR count). The maximum Gasteiger partial charge on any atom is 0.170 e. The maximum absolute atomic E-state index is 13.8. The minimum atomic E-state index is -1.39. The molecule has 0 saturated carbocycles. The van der Waals surface area contributed by atoms with Gasteiger partial charge in [-0.25, -0.2) is 17.6 Å². The SMILES string of the molecule is CCCNC(C)c1ccc(-c2c(F)c(F)cc(F)c2F)s1. The summed E-state index contributed by atoms with van der Waals surface area (Å²) in [7, 11) is 0. The predicted octanol–water partition coefficient (Wildman–Crippen LogP) is 5.03. The van der Waals surface area contributed by atoms with Crippen molar-refractivity contribution < 1.29 is 17.6 Å². The van der Waals surface area contributed by atoms with Gasteiger partial charge in [0.2, 0.25) is 0 Å². The molecule has 2 aromatic rings. The van der Waals surface area contributed by atoms with Crippen LogP contribution < -0.4 is 5.32 Å². The lowest BCUT2D eigenvalue weighted by atomic mass is 10.1. The fourth-order valence-corrected chi connectivity index (χ4v) is 3.04. The molecule has 1 aromatic heterocycles. The van der Waals surface area contributed by atoms with Crippen LogP contribution in [0, 0.1) is 23.3 Å². The largest absolute Gasteiger partial charge is 0.309 e. The van der Waals surface area contributed by atoms with Crippen LogP contribution in [-0.4, -0.2) is 6.54 Å². The summed E-state index contributed by atoms with van der Waals surface area (Å²) in [6.07, 6.45) is 0.959. The molecule has 114 valence electrons. The number of hydrogen-bond acceptors (Lipinski definition) is 2. The molecule has 0 aliphatic heterocycles. The van der Waals surface area contributed by atoms with Crippen LogP contribution in [0.3, 0.4) is 0 Å². The van der Waals surface area contributed by atoms with Crippen molar-refractivity contribution in [2.45, 2.75) is 26.3 Å². The smallest absolute Gasteiger partial charge is 0.170 e. The average Bonchev–Trinajstić information content (AvgIpc) is 2.92. The van der Waals surface area contributed by atoms with E-state index in [0.29, 0.717) is 0 Å². The van der Waals surface area contributed by atoms with Gasteiger partial charge in [-0.15, -0.1) is 11.3 Å². The third kappa shape index (κ3) is 3.27. The van der Waals surface area contributed by atoms with Gasteiger partial charge in [0.05, 0.1) is 5.56 Å². The first-order chi connectivity index (χ1) is 9.95. The first-order valence-electron chi connectivity index (χ1n) is 6.62. The molecule has 0 aliphatic rings. The molecule has 0 bridgehead atoms. The van der Waals surface area contributed by atoms with Crippen LogP contribution in [0.4, 0.5) is 17.6 Å². The van der Waals surface area contributed by atoms with Crippen molar-refractivity contribution in [3.63, 3.8) is 0 Å². The fourth-order valence-electron chi connectivity index (χ4n) is 1.97. The van der Waals surface area contributed by atoms with Gasteiger partial charge in [-0.1, -0.05) is 6.92 Å². The molecule has 0 fully saturated rings. The molecule has 1 nitrogen and oxygen atoms in total. The second-order valence-corrected chi connectivity index (χ2v) is 5.84. The minimum absolute atomic E-state index is 0.00762. The fraction of sp³-hybridized carbons (Fsp3) is 0.333. The van der Waals surface area contributed by atoms with Crippen molar-refractivity contribution in [3.05, 3.63) is 46.3 Å². The number of halogens is 4. The summed E-state index contributed by atoms with van der Waals surface area (Å²) in [6.45, 7) is 4.76. The van der Waals surface area contributed by atoms with E-state index >= 15 is 0 Å². The van der Waals surface area contributed by atoms with Gasteiger partial charge in [0.25, 0.3) is 0 Å². The first kappa shape index (κ1) is 16.0. The Hall–Kier alpha value is -1.40. The zero-order valence-corrected chi connectivity index (χ0v) is 12.5. The Morgan fingerprint density at radius 3 is 2.29 bits per heavy atom. The van der Waals surface area contributed by atoms with Crippen LogP contribution >= 0.6 is 11.3 Å². The van der Waals surface area contributed by atoms with Gasteiger partial charge in [-0.2, -0.15) is 0 Å². The molecule has 0 amide bonds. The Morgan fingerprint density at radius 2 is 1.71 bits per heavy atom. The van der Waals surface area contributed by atoms with E-state index < -0.39 is 28.8 Å². The minimum Gasteiger partial charge on any atom is -0.309 e. The molecular weight excluding hydrogens is 302 g/mol. The van der Waals surface area contributed by atoms with Crippen molar-refractivity contribution >= 4 is 11.3 Å². The Bertz CT molecular complexity index is 613. The first-order valence-corrected chi connectivity index (χ1v) is 7.43. The summed E-state index contributed by atoms with van der Waals surface area (Å²) in [6, 6.07) is 3.40. The summed E-state index contributed by atoms with van der Waals surface area (Å²) in [5.41, 5.74) is -0.647. The van der Waals surface area contributed by atoms with Gasteiger partial charge >= 0.3 is 0 Å². The van der Waals surface area contributed by atoms with Crippen molar-refractivity contribution in [2.75, 3.05) is 6.54 Å². The second kappa shape index (κ2) is 6.58. The predicted molar refractivity (Wildman–Crippen MR) is 76.3 cm³/mol. The molecule has 0 saturated heterocycles. The molecule has 0 aliphatic carbocycles. The van der Waals surface area contributed by atoms with Crippen LogP contribution in [0.5, 0.6) is 0 Å². The molecule has 1 aromatic carbocycles. The Balaban J connectivity index is 2.38. The molecule has 1 atom stereocenters. The summed E-state index contributed by atoms with van der Waals surface area (Å²) in [4.78, 5) is 1.02. The number of hydrogen-bond donors (Lipinski definition) is 1. The van der Waals surface area contributed by atoms with E-state index in [4.69, 9.17) is 0 Å². The average molecular weight is 317 g/mol. The summed E-state index contributed by atoms with van der Waals surface area (Å²) >= 11 is 1.11. The number of rotatable bonds is 5. The van der Waals surface area contributed by atoms with Crippen LogP contribution in [0.2, 0.25) is 0 Å². The van der Waals surface area contributed by atoms with Gasteiger partial charge < -0.3 is 5.32 Å². The van der Waals surface area contributed by atoms with E-state index in [1.807, 2.05) is 13.8 Å². The molecule has 0 spiro atoms. The summed E-state index contributed by atoms with van der Waals surface area (Å²) < 4.78 is 54.0. The Kier molecular flexibility index (Phi) is 5.00. The third-order valence-corrected chi connectivity index (χ3v) is 4.40. The molecular formula is C15H15F4NS. The third-order valence-electron chi connectivity index (χ3n) is 3.11. The lowest BCUT2D eigenvalue weighted by Crippen LogP contribution is -2.18. The van der Waals surface area contributed by atoms with E-state index in [-0.39, 0.29) is 17.0 Å². The van der Waals surface area contributed by atoms with Crippen molar-refractivity contribution in [1.29, 1.82) is 0 Å².